The molecule has 1 aromatic heterocycles. The maximum atomic E-state index is 12.7. The van der Waals surface area contributed by atoms with Gasteiger partial charge in [0.15, 0.2) is 0 Å². The summed E-state index contributed by atoms with van der Waals surface area (Å²) < 4.78 is 38.0. The molecular formula is C10H4Cl2F3N3O2. The van der Waals surface area contributed by atoms with E-state index in [1.165, 1.54) is 18.2 Å². The number of carboxylic acids is 1. The Balaban J connectivity index is 2.58. The zero-order valence-corrected chi connectivity index (χ0v) is 10.8. The first-order valence-corrected chi connectivity index (χ1v) is 5.69. The van der Waals surface area contributed by atoms with Crippen LogP contribution in [0.25, 0.3) is 5.69 Å². The predicted octanol–water partition coefficient (Wildman–Crippen LogP) is 3.29. The van der Waals surface area contributed by atoms with E-state index in [1.54, 1.807) is 0 Å². The van der Waals surface area contributed by atoms with Gasteiger partial charge in [0.25, 0.3) is 0 Å². The smallest absolute Gasteiger partial charge is 0.437 e. The number of aromatic nitrogens is 3. The van der Waals surface area contributed by atoms with Crippen LogP contribution in [0.15, 0.2) is 18.2 Å². The standard InChI is InChI=1S/C10H4Cl2F3N3O2/c11-5-2-1-4(3-6(5)12)18-16-7(9(19)20)8(17-18)10(13,14)15/h1-3H,(H,19,20). The normalized spacial score (nSPS) is 11.7. The van der Waals surface area contributed by atoms with E-state index in [9.17, 15) is 18.0 Å². The monoisotopic (exact) mass is 325 g/mol. The SMILES string of the molecule is O=C(O)c1nn(-c2ccc(Cl)c(Cl)c2)nc1C(F)(F)F. The number of aromatic carboxylic acids is 1. The van der Waals surface area contributed by atoms with Gasteiger partial charge in [-0.25, -0.2) is 4.79 Å². The number of nitrogens with zero attached hydrogens (tertiary/aromatic N) is 3. The molecular weight excluding hydrogens is 322 g/mol. The highest BCUT2D eigenvalue weighted by molar-refractivity contribution is 6.42. The van der Waals surface area contributed by atoms with Gasteiger partial charge in [0.2, 0.25) is 11.4 Å². The molecule has 10 heteroatoms. The zero-order chi connectivity index (χ0) is 15.1. The van der Waals surface area contributed by atoms with Crippen LogP contribution in [0.4, 0.5) is 13.2 Å². The van der Waals surface area contributed by atoms with Crippen LogP contribution in [0.2, 0.25) is 10.0 Å². The zero-order valence-electron chi connectivity index (χ0n) is 9.32. The summed E-state index contributed by atoms with van der Waals surface area (Å²) in [5.74, 6) is -1.83. The quantitative estimate of drug-likeness (QED) is 0.919. The molecule has 2 aromatic rings. The highest BCUT2D eigenvalue weighted by atomic mass is 35.5. The second kappa shape index (κ2) is 4.95. The Bertz CT molecular complexity index is 685. The number of alkyl halides is 3. The average molecular weight is 326 g/mol. The molecule has 0 saturated carbocycles. The molecule has 0 radical (unpaired) electrons. The summed E-state index contributed by atoms with van der Waals surface area (Å²) in [4.78, 5) is 11.3. The van der Waals surface area contributed by atoms with E-state index in [0.29, 0.717) is 4.80 Å². The van der Waals surface area contributed by atoms with Crippen molar-refractivity contribution in [2.45, 2.75) is 6.18 Å². The first kappa shape index (κ1) is 14.6. The fourth-order valence-electron chi connectivity index (χ4n) is 1.37. The van der Waals surface area contributed by atoms with E-state index >= 15 is 0 Å². The third-order valence-electron chi connectivity index (χ3n) is 2.22. The van der Waals surface area contributed by atoms with Crippen LogP contribution in [0, 0.1) is 0 Å². The fraction of sp³-hybridized carbons (Fsp3) is 0.100. The van der Waals surface area contributed by atoms with Crippen molar-refractivity contribution >= 4 is 29.2 Å². The van der Waals surface area contributed by atoms with Crippen molar-refractivity contribution in [2.24, 2.45) is 0 Å². The lowest BCUT2D eigenvalue weighted by Gasteiger charge is -2.02. The summed E-state index contributed by atoms with van der Waals surface area (Å²) in [5, 5.41) is 15.4. The summed E-state index contributed by atoms with van der Waals surface area (Å²) in [6.45, 7) is 0. The number of halogens is 5. The van der Waals surface area contributed by atoms with Crippen molar-refractivity contribution < 1.29 is 23.1 Å². The van der Waals surface area contributed by atoms with Gasteiger partial charge < -0.3 is 5.11 Å². The average Bonchev–Trinajstić information content (AvgIpc) is 2.77. The molecule has 106 valence electrons. The molecule has 1 heterocycles. The van der Waals surface area contributed by atoms with Crippen LogP contribution >= 0.6 is 23.2 Å². The van der Waals surface area contributed by atoms with Gasteiger partial charge in [-0.05, 0) is 18.2 Å². The van der Waals surface area contributed by atoms with E-state index in [0.717, 1.165) is 0 Å². The third kappa shape index (κ3) is 2.70. The van der Waals surface area contributed by atoms with Crippen molar-refractivity contribution in [3.05, 3.63) is 39.6 Å². The lowest BCUT2D eigenvalue weighted by Crippen LogP contribution is -2.12. The van der Waals surface area contributed by atoms with Crippen molar-refractivity contribution in [2.75, 3.05) is 0 Å². The maximum Gasteiger partial charge on any atom is 0.437 e. The van der Waals surface area contributed by atoms with Gasteiger partial charge in [0.05, 0.1) is 15.7 Å². The Morgan fingerprint density at radius 3 is 2.30 bits per heavy atom. The summed E-state index contributed by atoms with van der Waals surface area (Å²) >= 11 is 11.4. The van der Waals surface area contributed by atoms with Crippen molar-refractivity contribution in [3.63, 3.8) is 0 Å². The molecule has 5 nitrogen and oxygen atoms in total. The molecule has 0 saturated heterocycles. The van der Waals surface area contributed by atoms with Gasteiger partial charge >= 0.3 is 12.1 Å². The Morgan fingerprint density at radius 2 is 1.85 bits per heavy atom. The number of hydrogen-bond acceptors (Lipinski definition) is 3. The van der Waals surface area contributed by atoms with Crippen LogP contribution in [-0.4, -0.2) is 26.1 Å². The molecule has 1 aromatic carbocycles. The van der Waals surface area contributed by atoms with Crippen LogP contribution in [-0.2, 0) is 6.18 Å². The summed E-state index contributed by atoms with van der Waals surface area (Å²) in [6.07, 6.45) is -4.93. The molecule has 0 aliphatic heterocycles. The Morgan fingerprint density at radius 1 is 1.20 bits per heavy atom. The van der Waals surface area contributed by atoms with Gasteiger partial charge in [-0.1, -0.05) is 23.2 Å². The molecule has 0 amide bonds. The van der Waals surface area contributed by atoms with Gasteiger partial charge in [0, 0.05) is 0 Å². The van der Waals surface area contributed by atoms with E-state index in [2.05, 4.69) is 10.2 Å². The van der Waals surface area contributed by atoms with Crippen molar-refractivity contribution in [1.29, 1.82) is 0 Å². The van der Waals surface area contributed by atoms with Crippen molar-refractivity contribution in [3.8, 4) is 5.69 Å². The van der Waals surface area contributed by atoms with Crippen LogP contribution in [0.3, 0.4) is 0 Å². The van der Waals surface area contributed by atoms with Gasteiger partial charge in [-0.3, -0.25) is 0 Å². The minimum Gasteiger partial charge on any atom is -0.476 e. The maximum absolute atomic E-state index is 12.7. The van der Waals surface area contributed by atoms with Gasteiger partial charge in [-0.2, -0.15) is 18.0 Å². The van der Waals surface area contributed by atoms with Gasteiger partial charge in [0.1, 0.15) is 0 Å². The molecule has 0 aliphatic rings. The second-order valence-electron chi connectivity index (χ2n) is 3.59. The molecule has 20 heavy (non-hydrogen) atoms. The molecule has 0 atom stereocenters. The first-order valence-electron chi connectivity index (χ1n) is 4.93. The number of hydrogen-bond donors (Lipinski definition) is 1. The number of rotatable bonds is 2. The van der Waals surface area contributed by atoms with E-state index in [1.807, 2.05) is 0 Å². The van der Waals surface area contributed by atoms with Gasteiger partial charge in [-0.15, -0.1) is 10.2 Å². The molecule has 1 N–H and O–H groups in total. The first-order chi connectivity index (χ1) is 9.20. The molecule has 0 spiro atoms. The fourth-order valence-corrected chi connectivity index (χ4v) is 1.66. The minimum absolute atomic E-state index is 0.0531. The number of carbonyl (C=O) groups is 1. The second-order valence-corrected chi connectivity index (χ2v) is 4.40. The third-order valence-corrected chi connectivity index (χ3v) is 2.96. The topological polar surface area (TPSA) is 68.0 Å². The van der Waals surface area contributed by atoms with E-state index in [4.69, 9.17) is 28.3 Å². The van der Waals surface area contributed by atoms with Crippen molar-refractivity contribution in [1.82, 2.24) is 15.0 Å². The summed E-state index contributed by atoms with van der Waals surface area (Å²) in [7, 11) is 0. The molecule has 0 unspecified atom stereocenters. The van der Waals surface area contributed by atoms with Crippen LogP contribution in [0.1, 0.15) is 16.2 Å². The highest BCUT2D eigenvalue weighted by Crippen LogP contribution is 2.31. The number of benzene rings is 1. The lowest BCUT2D eigenvalue weighted by atomic mass is 10.3. The Labute approximate surface area is 119 Å². The van der Waals surface area contributed by atoms with E-state index in [-0.39, 0.29) is 15.7 Å². The Hall–Kier alpha value is -1.80. The molecule has 2 rings (SSSR count). The number of carboxylic acid groups (broad SMARTS) is 1. The molecule has 0 bridgehead atoms. The lowest BCUT2D eigenvalue weighted by molar-refractivity contribution is -0.141. The summed E-state index contributed by atoms with van der Waals surface area (Å²) in [5.41, 5.74) is -2.72. The van der Waals surface area contributed by atoms with Crippen LogP contribution in [0.5, 0.6) is 0 Å². The highest BCUT2D eigenvalue weighted by Gasteiger charge is 2.40. The minimum atomic E-state index is -4.93. The Kier molecular flexibility index (Phi) is 3.61. The predicted molar refractivity (Wildman–Crippen MR) is 63.3 cm³/mol. The largest absolute Gasteiger partial charge is 0.476 e. The van der Waals surface area contributed by atoms with Crippen LogP contribution < -0.4 is 0 Å². The molecule has 0 fully saturated rings. The summed E-state index contributed by atoms with van der Waals surface area (Å²) in [6, 6.07) is 3.85. The molecule has 0 aliphatic carbocycles. The van der Waals surface area contributed by atoms with E-state index < -0.39 is 23.5 Å².